The molecule has 0 aliphatic carbocycles. The topological polar surface area (TPSA) is 21.3 Å². The molecule has 0 aromatic heterocycles. The quantitative estimate of drug-likeness (QED) is 0.735. The summed E-state index contributed by atoms with van der Waals surface area (Å²) in [4.78, 5) is 0. The van der Waals surface area contributed by atoms with Crippen molar-refractivity contribution in [2.45, 2.75) is 26.7 Å². The zero-order chi connectivity index (χ0) is 15.2. The highest BCUT2D eigenvalue weighted by Gasteiger charge is 2.00. The molecule has 0 saturated carbocycles. The van der Waals surface area contributed by atoms with Crippen LogP contribution in [0.15, 0.2) is 42.5 Å². The molecule has 1 N–H and O–H groups in total. The van der Waals surface area contributed by atoms with Crippen LogP contribution in [0, 0.1) is 6.92 Å². The molecule has 0 atom stereocenters. The molecule has 0 aliphatic rings. The van der Waals surface area contributed by atoms with Crippen LogP contribution in [0.4, 0.5) is 5.69 Å². The molecule has 0 heterocycles. The number of halogens is 1. The van der Waals surface area contributed by atoms with Gasteiger partial charge in [0.1, 0.15) is 12.4 Å². The Hall–Kier alpha value is -1.67. The van der Waals surface area contributed by atoms with Crippen LogP contribution in [0.2, 0.25) is 5.02 Å². The molecule has 0 unspecified atom stereocenters. The van der Waals surface area contributed by atoms with Gasteiger partial charge in [-0.05, 0) is 48.2 Å². The minimum Gasteiger partial charge on any atom is -0.492 e. The molecule has 2 aromatic carbocycles. The second-order valence-corrected chi connectivity index (χ2v) is 5.87. The predicted octanol–water partition coefficient (Wildman–Crippen LogP) is 5.26. The van der Waals surface area contributed by atoms with Gasteiger partial charge in [0.15, 0.2) is 0 Å². The lowest BCUT2D eigenvalue weighted by Gasteiger charge is -2.11. The number of anilines is 1. The van der Waals surface area contributed by atoms with Crippen LogP contribution in [-0.2, 0) is 0 Å². The van der Waals surface area contributed by atoms with Crippen molar-refractivity contribution in [3.05, 3.63) is 58.6 Å². The second kappa shape index (κ2) is 7.37. The van der Waals surface area contributed by atoms with Crippen molar-refractivity contribution in [3.8, 4) is 5.75 Å². The van der Waals surface area contributed by atoms with E-state index in [0.717, 1.165) is 28.6 Å². The fourth-order valence-electron chi connectivity index (χ4n) is 2.02. The van der Waals surface area contributed by atoms with E-state index in [1.165, 1.54) is 5.56 Å². The molecule has 0 saturated heterocycles. The molecule has 0 amide bonds. The summed E-state index contributed by atoms with van der Waals surface area (Å²) in [7, 11) is 0. The van der Waals surface area contributed by atoms with Crippen LogP contribution < -0.4 is 10.1 Å². The second-order valence-electron chi connectivity index (χ2n) is 5.46. The molecule has 2 nitrogen and oxygen atoms in total. The molecule has 2 rings (SSSR count). The fourth-order valence-corrected chi connectivity index (χ4v) is 2.20. The maximum Gasteiger partial charge on any atom is 0.119 e. The minimum atomic E-state index is 0.548. The lowest BCUT2D eigenvalue weighted by Crippen LogP contribution is -2.11. The lowest BCUT2D eigenvalue weighted by molar-refractivity contribution is 0.333. The van der Waals surface area contributed by atoms with E-state index in [1.807, 2.05) is 37.3 Å². The van der Waals surface area contributed by atoms with Gasteiger partial charge in [-0.2, -0.15) is 0 Å². The SMILES string of the molecule is Cc1ccc(NCCOc2ccc(C(C)C)cc2)cc1Cl. The summed E-state index contributed by atoms with van der Waals surface area (Å²) < 4.78 is 5.72. The Labute approximate surface area is 132 Å². The van der Waals surface area contributed by atoms with E-state index in [1.54, 1.807) is 0 Å². The third kappa shape index (κ3) is 4.68. The first-order valence-electron chi connectivity index (χ1n) is 7.29. The van der Waals surface area contributed by atoms with Crippen LogP contribution >= 0.6 is 11.6 Å². The summed E-state index contributed by atoms with van der Waals surface area (Å²) in [6.45, 7) is 7.73. The van der Waals surface area contributed by atoms with Gasteiger partial charge in [0.05, 0.1) is 0 Å². The van der Waals surface area contributed by atoms with Crippen molar-refractivity contribution < 1.29 is 4.74 Å². The van der Waals surface area contributed by atoms with Crippen LogP contribution in [0.3, 0.4) is 0 Å². The van der Waals surface area contributed by atoms with Crippen molar-refractivity contribution in [2.75, 3.05) is 18.5 Å². The summed E-state index contributed by atoms with van der Waals surface area (Å²) in [6, 6.07) is 14.3. The summed E-state index contributed by atoms with van der Waals surface area (Å²) in [5.41, 5.74) is 3.43. The zero-order valence-corrected chi connectivity index (χ0v) is 13.6. The largest absolute Gasteiger partial charge is 0.492 e. The van der Waals surface area contributed by atoms with Crippen molar-refractivity contribution >= 4 is 17.3 Å². The van der Waals surface area contributed by atoms with Crippen LogP contribution in [0.1, 0.15) is 30.9 Å². The monoisotopic (exact) mass is 303 g/mol. The van der Waals surface area contributed by atoms with Gasteiger partial charge in [-0.15, -0.1) is 0 Å². The number of rotatable bonds is 6. The smallest absolute Gasteiger partial charge is 0.119 e. The first-order valence-corrected chi connectivity index (χ1v) is 7.67. The number of hydrogen-bond acceptors (Lipinski definition) is 2. The van der Waals surface area contributed by atoms with Gasteiger partial charge >= 0.3 is 0 Å². The van der Waals surface area contributed by atoms with E-state index in [9.17, 15) is 0 Å². The third-order valence-electron chi connectivity index (χ3n) is 3.42. The van der Waals surface area contributed by atoms with Crippen molar-refractivity contribution in [2.24, 2.45) is 0 Å². The Morgan fingerprint density at radius 1 is 1.10 bits per heavy atom. The number of benzene rings is 2. The summed E-state index contributed by atoms with van der Waals surface area (Å²) >= 11 is 6.09. The highest BCUT2D eigenvalue weighted by molar-refractivity contribution is 6.31. The first-order chi connectivity index (χ1) is 10.1. The molecule has 0 bridgehead atoms. The Balaban J connectivity index is 1.77. The van der Waals surface area contributed by atoms with Gasteiger partial charge in [0.25, 0.3) is 0 Å². The maximum absolute atomic E-state index is 6.09. The van der Waals surface area contributed by atoms with Gasteiger partial charge in [-0.25, -0.2) is 0 Å². The molecule has 3 heteroatoms. The lowest BCUT2D eigenvalue weighted by atomic mass is 10.0. The summed E-state index contributed by atoms with van der Waals surface area (Å²) in [5, 5.41) is 4.09. The van der Waals surface area contributed by atoms with Gasteiger partial charge in [0, 0.05) is 17.3 Å². The molecule has 2 aromatic rings. The van der Waals surface area contributed by atoms with E-state index >= 15 is 0 Å². The summed E-state index contributed by atoms with van der Waals surface area (Å²) in [6.07, 6.45) is 0. The van der Waals surface area contributed by atoms with Gasteiger partial charge in [0.2, 0.25) is 0 Å². The molecule has 21 heavy (non-hydrogen) atoms. The number of hydrogen-bond donors (Lipinski definition) is 1. The molecular formula is C18H22ClNO. The first kappa shape index (κ1) is 15.7. The number of aryl methyl sites for hydroxylation is 1. The average Bonchev–Trinajstić information content (AvgIpc) is 2.47. The zero-order valence-electron chi connectivity index (χ0n) is 12.8. The van der Waals surface area contributed by atoms with Crippen molar-refractivity contribution in [3.63, 3.8) is 0 Å². The fraction of sp³-hybridized carbons (Fsp3) is 0.333. The highest BCUT2D eigenvalue weighted by atomic mass is 35.5. The summed E-state index contributed by atoms with van der Waals surface area (Å²) in [5.74, 6) is 1.45. The normalized spacial score (nSPS) is 10.7. The maximum atomic E-state index is 6.09. The molecular weight excluding hydrogens is 282 g/mol. The predicted molar refractivity (Wildman–Crippen MR) is 90.7 cm³/mol. The van der Waals surface area contributed by atoms with Gasteiger partial charge in [-0.1, -0.05) is 43.6 Å². The molecule has 0 aliphatic heterocycles. The van der Waals surface area contributed by atoms with Crippen LogP contribution in [0.25, 0.3) is 0 Å². The van der Waals surface area contributed by atoms with E-state index in [2.05, 4.69) is 31.3 Å². The number of ether oxygens (including phenoxy) is 1. The molecule has 0 spiro atoms. The van der Waals surface area contributed by atoms with Gasteiger partial charge in [-0.3, -0.25) is 0 Å². The van der Waals surface area contributed by atoms with Crippen LogP contribution in [-0.4, -0.2) is 13.2 Å². The van der Waals surface area contributed by atoms with E-state index in [-0.39, 0.29) is 0 Å². The van der Waals surface area contributed by atoms with Gasteiger partial charge < -0.3 is 10.1 Å². The Kier molecular flexibility index (Phi) is 5.51. The standard InChI is InChI=1S/C18H22ClNO/c1-13(2)15-5-8-17(9-6-15)21-11-10-20-16-7-4-14(3)18(19)12-16/h4-9,12-13,20H,10-11H2,1-3H3. The Morgan fingerprint density at radius 2 is 1.81 bits per heavy atom. The highest BCUT2D eigenvalue weighted by Crippen LogP contribution is 2.20. The molecule has 0 fully saturated rings. The Morgan fingerprint density at radius 3 is 2.43 bits per heavy atom. The van der Waals surface area contributed by atoms with E-state index < -0.39 is 0 Å². The van der Waals surface area contributed by atoms with Crippen molar-refractivity contribution in [1.29, 1.82) is 0 Å². The van der Waals surface area contributed by atoms with E-state index in [4.69, 9.17) is 16.3 Å². The molecule has 0 radical (unpaired) electrons. The van der Waals surface area contributed by atoms with E-state index in [0.29, 0.717) is 12.5 Å². The van der Waals surface area contributed by atoms with Crippen LogP contribution in [0.5, 0.6) is 5.75 Å². The average molecular weight is 304 g/mol. The van der Waals surface area contributed by atoms with Crippen molar-refractivity contribution in [1.82, 2.24) is 0 Å². The minimum absolute atomic E-state index is 0.548. The molecule has 112 valence electrons. The third-order valence-corrected chi connectivity index (χ3v) is 3.83. The number of nitrogens with one attached hydrogen (secondary N) is 1. The Bertz CT molecular complexity index is 578.